The molecule has 4 nitrogen and oxygen atoms in total. The topological polar surface area (TPSA) is 47.9 Å². The molecule has 274 valence electrons. The maximum absolute atomic E-state index is 6.80. The maximum atomic E-state index is 6.80. The van der Waals surface area contributed by atoms with Crippen LogP contribution in [0.1, 0.15) is 79.9 Å². The first-order valence-electron chi connectivity index (χ1n) is 20.5. The van der Waals surface area contributed by atoms with Gasteiger partial charge in [0.05, 0.1) is 5.41 Å². The van der Waals surface area contributed by atoms with Crippen molar-refractivity contribution in [2.75, 3.05) is 0 Å². The first kappa shape index (κ1) is 32.8. The summed E-state index contributed by atoms with van der Waals surface area (Å²) in [5.41, 5.74) is 6.62. The van der Waals surface area contributed by atoms with E-state index in [4.69, 9.17) is 19.7 Å². The normalized spacial score (nSPS) is 28.1. The molecule has 6 unspecified atom stereocenters. The van der Waals surface area contributed by atoms with Crippen molar-refractivity contribution < 1.29 is 4.74 Å². The molecule has 5 aromatic carbocycles. The van der Waals surface area contributed by atoms with Gasteiger partial charge in [-0.25, -0.2) is 15.0 Å². The molecule has 1 aliphatic heterocycles. The molecular formula is C51H43N3OS. The second-order valence-corrected chi connectivity index (χ2v) is 18.7. The van der Waals surface area contributed by atoms with Crippen LogP contribution in [0.3, 0.4) is 0 Å². The fraction of sp³-hybridized carbons (Fsp3) is 0.275. The summed E-state index contributed by atoms with van der Waals surface area (Å²) in [5.74, 6) is 6.96. The fourth-order valence-electron chi connectivity index (χ4n) is 12.0. The minimum absolute atomic E-state index is 0.117. The highest BCUT2D eigenvalue weighted by Gasteiger charge is 2.56. The average molecular weight is 746 g/mol. The molecule has 5 heteroatoms. The summed E-state index contributed by atoms with van der Waals surface area (Å²) in [6, 6.07) is 39.9. The van der Waals surface area contributed by atoms with E-state index in [0.717, 1.165) is 58.9 Å². The second kappa shape index (κ2) is 12.1. The lowest BCUT2D eigenvalue weighted by Gasteiger charge is -2.46. The van der Waals surface area contributed by atoms with E-state index in [-0.39, 0.29) is 17.3 Å². The van der Waals surface area contributed by atoms with Gasteiger partial charge in [-0.15, -0.1) is 11.3 Å². The van der Waals surface area contributed by atoms with Crippen LogP contribution in [0.15, 0.2) is 133 Å². The van der Waals surface area contributed by atoms with Gasteiger partial charge in [0.1, 0.15) is 17.3 Å². The quantitative estimate of drug-likeness (QED) is 0.181. The Morgan fingerprint density at radius 1 is 0.625 bits per heavy atom. The SMILES string of the molecule is CC1CC2C[C@@H](C1)CC(C)(c1nc(-c3ccc4c(c3)C3(c5ccccc5O4)c4ccccc4C4C=CC=CC43)nc(-c3ccc4sc5ccccc5c4c3)n1)C2. The van der Waals surface area contributed by atoms with Crippen molar-refractivity contribution in [1.82, 2.24) is 15.0 Å². The Bertz CT molecular complexity index is 2800. The third kappa shape index (κ3) is 4.73. The lowest BCUT2D eigenvalue weighted by Crippen LogP contribution is -2.40. The summed E-state index contributed by atoms with van der Waals surface area (Å²) in [6.45, 7) is 4.88. The number of rotatable bonds is 3. The highest BCUT2D eigenvalue weighted by Crippen LogP contribution is 2.64. The minimum atomic E-state index is -0.435. The molecule has 4 aliphatic carbocycles. The lowest BCUT2D eigenvalue weighted by atomic mass is 9.59. The zero-order valence-electron chi connectivity index (χ0n) is 31.8. The van der Waals surface area contributed by atoms with Gasteiger partial charge < -0.3 is 4.74 Å². The molecule has 12 rings (SSSR count). The number of hydrogen-bond acceptors (Lipinski definition) is 5. The van der Waals surface area contributed by atoms with Crippen molar-refractivity contribution in [2.45, 2.75) is 62.7 Å². The summed E-state index contributed by atoms with van der Waals surface area (Å²) in [5, 5.41) is 2.54. The molecule has 0 radical (unpaired) electrons. The molecule has 1 spiro atoms. The first-order chi connectivity index (χ1) is 27.4. The largest absolute Gasteiger partial charge is 0.457 e. The van der Waals surface area contributed by atoms with Crippen LogP contribution in [0, 0.1) is 23.7 Å². The predicted octanol–water partition coefficient (Wildman–Crippen LogP) is 13.0. The van der Waals surface area contributed by atoms with Crippen molar-refractivity contribution in [2.24, 2.45) is 23.7 Å². The van der Waals surface area contributed by atoms with Crippen LogP contribution < -0.4 is 4.74 Å². The molecule has 7 atom stereocenters. The van der Waals surface area contributed by atoms with Gasteiger partial charge in [-0.05, 0) is 110 Å². The molecule has 2 aromatic heterocycles. The zero-order valence-corrected chi connectivity index (χ0v) is 32.6. The molecule has 2 fully saturated rings. The number of allylic oxidation sites excluding steroid dienone is 4. The Balaban J connectivity index is 1.07. The number of ether oxygens (including phenoxy) is 1. The van der Waals surface area contributed by atoms with Gasteiger partial charge in [0.2, 0.25) is 0 Å². The van der Waals surface area contributed by atoms with E-state index in [1.165, 1.54) is 61.7 Å². The molecule has 0 N–H and O–H groups in total. The summed E-state index contributed by atoms with van der Waals surface area (Å²) >= 11 is 1.85. The Hall–Kier alpha value is -5.39. The summed E-state index contributed by atoms with van der Waals surface area (Å²) in [7, 11) is 0. The Kier molecular flexibility index (Phi) is 7.06. The van der Waals surface area contributed by atoms with Crippen LogP contribution in [0.5, 0.6) is 11.5 Å². The predicted molar refractivity (Wildman–Crippen MR) is 228 cm³/mol. The highest BCUT2D eigenvalue weighted by atomic mass is 32.1. The van der Waals surface area contributed by atoms with Crippen molar-refractivity contribution in [3.8, 4) is 34.3 Å². The van der Waals surface area contributed by atoms with Crippen LogP contribution in [-0.4, -0.2) is 15.0 Å². The van der Waals surface area contributed by atoms with E-state index < -0.39 is 5.41 Å². The smallest absolute Gasteiger partial charge is 0.163 e. The Labute approximate surface area is 332 Å². The van der Waals surface area contributed by atoms with Crippen molar-refractivity contribution in [3.05, 3.63) is 162 Å². The molecule has 5 aliphatic rings. The number of hydrogen-bond donors (Lipinski definition) is 0. The first-order valence-corrected chi connectivity index (χ1v) is 21.3. The van der Waals surface area contributed by atoms with Gasteiger partial charge in [0.15, 0.2) is 11.6 Å². The van der Waals surface area contributed by atoms with E-state index >= 15 is 0 Å². The van der Waals surface area contributed by atoms with E-state index in [1.54, 1.807) is 0 Å². The number of aromatic nitrogens is 3. The maximum Gasteiger partial charge on any atom is 0.163 e. The molecule has 2 bridgehead atoms. The standard InChI is InChI=1S/C51H43N3OS/c1-30-23-31-25-32(24-30)29-50(2,28-31)49-53-47(33-20-22-46-38(26-33)37-13-5-10-18-45(37)56-46)52-48(54-49)34-19-21-44-42(27-34)51(41-16-8-9-17-43(41)55-44)39-14-6-3-11-35(39)36-12-4-7-15-40(36)51/h3-22,26-27,30-32,35,39H,23-25,28-29H2,1-2H3/t30?,31-,32?,35?,39?,50?,51?/m1/s1. The van der Waals surface area contributed by atoms with E-state index in [0.29, 0.717) is 11.8 Å². The Morgan fingerprint density at radius 2 is 1.30 bits per heavy atom. The van der Waals surface area contributed by atoms with Gasteiger partial charge in [-0.2, -0.15) is 0 Å². The molecule has 3 heterocycles. The molecular weight excluding hydrogens is 703 g/mol. The van der Waals surface area contributed by atoms with Crippen LogP contribution >= 0.6 is 11.3 Å². The van der Waals surface area contributed by atoms with Gasteiger partial charge in [0, 0.05) is 59.7 Å². The van der Waals surface area contributed by atoms with Gasteiger partial charge in [0.25, 0.3) is 0 Å². The van der Waals surface area contributed by atoms with E-state index in [9.17, 15) is 0 Å². The van der Waals surface area contributed by atoms with Crippen molar-refractivity contribution in [1.29, 1.82) is 0 Å². The minimum Gasteiger partial charge on any atom is -0.457 e. The van der Waals surface area contributed by atoms with Crippen LogP contribution in [-0.2, 0) is 10.8 Å². The number of fused-ring (bicyclic) bond motifs is 14. The summed E-state index contributed by atoms with van der Waals surface area (Å²) in [6.07, 6.45) is 15.5. The van der Waals surface area contributed by atoms with Crippen molar-refractivity contribution >= 4 is 31.5 Å². The van der Waals surface area contributed by atoms with Crippen LogP contribution in [0.25, 0.3) is 42.9 Å². The van der Waals surface area contributed by atoms with Crippen LogP contribution in [0.2, 0.25) is 0 Å². The average Bonchev–Trinajstić information content (AvgIpc) is 3.74. The van der Waals surface area contributed by atoms with Crippen LogP contribution in [0.4, 0.5) is 0 Å². The highest BCUT2D eigenvalue weighted by molar-refractivity contribution is 7.25. The third-order valence-electron chi connectivity index (χ3n) is 14.0. The molecule has 7 aromatic rings. The van der Waals surface area contributed by atoms with Gasteiger partial charge >= 0.3 is 0 Å². The molecule has 0 saturated heterocycles. The third-order valence-corrected chi connectivity index (χ3v) is 15.2. The second-order valence-electron chi connectivity index (χ2n) is 17.7. The zero-order chi connectivity index (χ0) is 37.2. The van der Waals surface area contributed by atoms with Gasteiger partial charge in [-0.1, -0.05) is 98.8 Å². The monoisotopic (exact) mass is 745 g/mol. The summed E-state index contributed by atoms with van der Waals surface area (Å²) < 4.78 is 9.39. The van der Waals surface area contributed by atoms with Gasteiger partial charge in [-0.3, -0.25) is 0 Å². The summed E-state index contributed by atoms with van der Waals surface area (Å²) in [4.78, 5) is 16.4. The number of para-hydroxylation sites is 1. The molecule has 2 saturated carbocycles. The fourth-order valence-corrected chi connectivity index (χ4v) is 13.1. The van der Waals surface area contributed by atoms with E-state index in [2.05, 4.69) is 147 Å². The Morgan fingerprint density at radius 3 is 2.16 bits per heavy atom. The molecule has 0 amide bonds. The molecule has 56 heavy (non-hydrogen) atoms. The number of benzene rings is 5. The number of thiophene rings is 1. The number of nitrogens with zero attached hydrogens (tertiary/aromatic N) is 3. The lowest BCUT2D eigenvalue weighted by molar-refractivity contribution is 0.0857. The van der Waals surface area contributed by atoms with Crippen molar-refractivity contribution in [3.63, 3.8) is 0 Å². The van der Waals surface area contributed by atoms with E-state index in [1.807, 2.05) is 11.3 Å².